The van der Waals surface area contributed by atoms with Crippen LogP contribution >= 0.6 is 0 Å². The number of para-hydroxylation sites is 2. The van der Waals surface area contributed by atoms with Gasteiger partial charge in [-0.1, -0.05) is 36.4 Å². The van der Waals surface area contributed by atoms with E-state index in [9.17, 15) is 9.59 Å². The number of nitrogens with zero attached hydrogens (tertiary/aromatic N) is 2. The number of nitrogens with one attached hydrogen (secondary N) is 1. The lowest BCUT2D eigenvalue weighted by Gasteiger charge is -2.16. The molecule has 0 unspecified atom stereocenters. The minimum absolute atomic E-state index is 0.111. The van der Waals surface area contributed by atoms with Crippen LogP contribution in [0.4, 0.5) is 5.69 Å². The SMILES string of the molecule is O=C(NCCn1ccc2ccccc21)[C@H]1CCN(c2ccccc2)C1=O. The highest BCUT2D eigenvalue weighted by molar-refractivity contribution is 6.09. The van der Waals surface area contributed by atoms with E-state index < -0.39 is 5.92 Å². The van der Waals surface area contributed by atoms with Crippen LogP contribution in [0.15, 0.2) is 66.9 Å². The maximum absolute atomic E-state index is 12.6. The first kappa shape index (κ1) is 16.4. The van der Waals surface area contributed by atoms with Gasteiger partial charge in [-0.05, 0) is 36.1 Å². The first-order valence-electron chi connectivity index (χ1n) is 8.92. The summed E-state index contributed by atoms with van der Waals surface area (Å²) in [4.78, 5) is 26.7. The molecule has 1 aliphatic rings. The van der Waals surface area contributed by atoms with E-state index in [4.69, 9.17) is 0 Å². The van der Waals surface area contributed by atoms with Gasteiger partial charge in [0.1, 0.15) is 5.92 Å². The second kappa shape index (κ2) is 7.04. The van der Waals surface area contributed by atoms with E-state index in [1.807, 2.05) is 48.7 Å². The van der Waals surface area contributed by atoms with Crippen molar-refractivity contribution >= 4 is 28.4 Å². The number of anilines is 1. The summed E-state index contributed by atoms with van der Waals surface area (Å²) in [5, 5.41) is 4.11. The number of hydrogen-bond acceptors (Lipinski definition) is 2. The van der Waals surface area contributed by atoms with Crippen LogP contribution in [-0.4, -0.2) is 29.5 Å². The molecule has 0 aliphatic carbocycles. The minimum atomic E-state index is -0.586. The molecule has 2 amide bonds. The zero-order valence-corrected chi connectivity index (χ0v) is 14.5. The third-order valence-corrected chi connectivity index (χ3v) is 4.92. The van der Waals surface area contributed by atoms with Crippen molar-refractivity contribution in [3.8, 4) is 0 Å². The first-order chi connectivity index (χ1) is 12.7. The van der Waals surface area contributed by atoms with Crippen LogP contribution in [0.25, 0.3) is 10.9 Å². The zero-order chi connectivity index (χ0) is 17.9. The second-order valence-electron chi connectivity index (χ2n) is 6.53. The van der Waals surface area contributed by atoms with Gasteiger partial charge in [0.05, 0.1) is 0 Å². The van der Waals surface area contributed by atoms with Crippen LogP contribution in [0, 0.1) is 5.92 Å². The number of amides is 2. The minimum Gasteiger partial charge on any atom is -0.354 e. The molecule has 1 atom stereocenters. The summed E-state index contributed by atoms with van der Waals surface area (Å²) in [5.74, 6) is -0.874. The Balaban J connectivity index is 1.35. The zero-order valence-electron chi connectivity index (χ0n) is 14.5. The maximum atomic E-state index is 12.6. The predicted molar refractivity (Wildman–Crippen MR) is 102 cm³/mol. The highest BCUT2D eigenvalue weighted by Crippen LogP contribution is 2.25. The average molecular weight is 347 g/mol. The van der Waals surface area contributed by atoms with Crippen molar-refractivity contribution in [1.29, 1.82) is 0 Å². The van der Waals surface area contributed by atoms with E-state index in [1.165, 1.54) is 5.39 Å². The maximum Gasteiger partial charge on any atom is 0.239 e. The lowest BCUT2D eigenvalue weighted by Crippen LogP contribution is -2.38. The molecule has 0 saturated carbocycles. The van der Waals surface area contributed by atoms with Crippen molar-refractivity contribution in [2.24, 2.45) is 5.92 Å². The molecule has 1 N–H and O–H groups in total. The van der Waals surface area contributed by atoms with Gasteiger partial charge in [0.2, 0.25) is 11.8 Å². The lowest BCUT2D eigenvalue weighted by molar-refractivity contribution is -0.132. The Morgan fingerprint density at radius 2 is 1.81 bits per heavy atom. The van der Waals surface area contributed by atoms with Gasteiger partial charge in [-0.3, -0.25) is 9.59 Å². The highest BCUT2D eigenvalue weighted by atomic mass is 16.2. The molecule has 4 rings (SSSR count). The third kappa shape index (κ3) is 3.08. The van der Waals surface area contributed by atoms with Crippen molar-refractivity contribution in [2.75, 3.05) is 18.0 Å². The van der Waals surface area contributed by atoms with Crippen LogP contribution in [0.2, 0.25) is 0 Å². The van der Waals surface area contributed by atoms with Crippen molar-refractivity contribution in [2.45, 2.75) is 13.0 Å². The second-order valence-corrected chi connectivity index (χ2v) is 6.53. The molecule has 132 valence electrons. The number of fused-ring (bicyclic) bond motifs is 1. The largest absolute Gasteiger partial charge is 0.354 e. The van der Waals surface area contributed by atoms with Gasteiger partial charge in [-0.2, -0.15) is 0 Å². The predicted octanol–water partition coefficient (Wildman–Crippen LogP) is 2.81. The van der Waals surface area contributed by atoms with Crippen LogP contribution in [-0.2, 0) is 16.1 Å². The third-order valence-electron chi connectivity index (χ3n) is 4.92. The van der Waals surface area contributed by atoms with Gasteiger partial charge < -0.3 is 14.8 Å². The molecule has 1 aliphatic heterocycles. The quantitative estimate of drug-likeness (QED) is 0.722. The topological polar surface area (TPSA) is 54.3 Å². The van der Waals surface area contributed by atoms with Gasteiger partial charge in [-0.25, -0.2) is 0 Å². The first-order valence-corrected chi connectivity index (χ1v) is 8.92. The number of hydrogen-bond donors (Lipinski definition) is 1. The van der Waals surface area contributed by atoms with Crippen LogP contribution in [0.3, 0.4) is 0 Å². The fourth-order valence-electron chi connectivity index (χ4n) is 3.55. The standard InChI is InChI=1S/C21H21N3O2/c25-20(18-11-14-24(21(18)26)17-7-2-1-3-8-17)22-12-15-23-13-10-16-6-4-5-9-19(16)23/h1-10,13,18H,11-12,14-15H2,(H,22,25)/t18-/m1/s1. The van der Waals surface area contributed by atoms with Crippen molar-refractivity contribution in [3.63, 3.8) is 0 Å². The summed E-state index contributed by atoms with van der Waals surface area (Å²) in [6.07, 6.45) is 2.58. The molecule has 5 nitrogen and oxygen atoms in total. The lowest BCUT2D eigenvalue weighted by atomic mass is 10.1. The fourth-order valence-corrected chi connectivity index (χ4v) is 3.55. The fraction of sp³-hybridized carbons (Fsp3) is 0.238. The number of carbonyl (C=O) groups excluding carboxylic acids is 2. The molecular weight excluding hydrogens is 326 g/mol. The van der Waals surface area contributed by atoms with E-state index in [2.05, 4.69) is 28.1 Å². The van der Waals surface area contributed by atoms with E-state index >= 15 is 0 Å². The molecule has 5 heteroatoms. The van der Waals surface area contributed by atoms with Crippen molar-refractivity contribution < 1.29 is 9.59 Å². The molecule has 1 aromatic heterocycles. The van der Waals surface area contributed by atoms with E-state index in [-0.39, 0.29) is 11.8 Å². The Hall–Kier alpha value is -3.08. The Morgan fingerprint density at radius 1 is 1.04 bits per heavy atom. The van der Waals surface area contributed by atoms with E-state index in [0.29, 0.717) is 26.1 Å². The summed E-state index contributed by atoms with van der Waals surface area (Å²) >= 11 is 0. The van der Waals surface area contributed by atoms with E-state index in [0.717, 1.165) is 11.2 Å². The van der Waals surface area contributed by atoms with Crippen LogP contribution < -0.4 is 10.2 Å². The normalized spacial score (nSPS) is 17.0. The van der Waals surface area contributed by atoms with E-state index in [1.54, 1.807) is 4.90 Å². The Bertz CT molecular complexity index is 933. The van der Waals surface area contributed by atoms with Gasteiger partial charge in [0.25, 0.3) is 0 Å². The molecule has 2 aromatic carbocycles. The summed E-state index contributed by atoms with van der Waals surface area (Å²) in [7, 11) is 0. The molecule has 26 heavy (non-hydrogen) atoms. The highest BCUT2D eigenvalue weighted by Gasteiger charge is 2.37. The summed E-state index contributed by atoms with van der Waals surface area (Å²) in [6, 6.07) is 19.7. The summed E-state index contributed by atoms with van der Waals surface area (Å²) in [5.41, 5.74) is 2.00. The molecule has 3 aromatic rings. The number of aromatic nitrogens is 1. The molecular formula is C21H21N3O2. The Kier molecular flexibility index (Phi) is 4.44. The molecule has 0 bridgehead atoms. The number of carbonyl (C=O) groups is 2. The smallest absolute Gasteiger partial charge is 0.239 e. The van der Waals surface area contributed by atoms with Crippen LogP contribution in [0.1, 0.15) is 6.42 Å². The van der Waals surface area contributed by atoms with Gasteiger partial charge in [0, 0.05) is 37.0 Å². The molecule has 0 spiro atoms. The average Bonchev–Trinajstić information content (AvgIpc) is 3.26. The Morgan fingerprint density at radius 3 is 2.65 bits per heavy atom. The number of rotatable bonds is 5. The van der Waals surface area contributed by atoms with Gasteiger partial charge in [0.15, 0.2) is 0 Å². The number of benzene rings is 2. The molecule has 2 heterocycles. The van der Waals surface area contributed by atoms with Gasteiger partial charge in [-0.15, -0.1) is 0 Å². The molecule has 1 fully saturated rings. The van der Waals surface area contributed by atoms with Crippen molar-refractivity contribution in [1.82, 2.24) is 9.88 Å². The summed E-state index contributed by atoms with van der Waals surface area (Å²) in [6.45, 7) is 1.78. The Labute approximate surface area is 152 Å². The monoisotopic (exact) mass is 347 g/mol. The molecule has 0 radical (unpaired) electrons. The van der Waals surface area contributed by atoms with Crippen LogP contribution in [0.5, 0.6) is 0 Å². The molecule has 1 saturated heterocycles. The van der Waals surface area contributed by atoms with Gasteiger partial charge >= 0.3 is 0 Å². The van der Waals surface area contributed by atoms with Crippen molar-refractivity contribution in [3.05, 3.63) is 66.9 Å². The summed E-state index contributed by atoms with van der Waals surface area (Å²) < 4.78 is 2.11.